The van der Waals surface area contributed by atoms with Crippen molar-refractivity contribution in [1.82, 2.24) is 4.81 Å². The smallest absolute Gasteiger partial charge is 0.379 e. The van der Waals surface area contributed by atoms with Gasteiger partial charge < -0.3 is 9.47 Å². The second kappa shape index (κ2) is 3.65. The molecular formula is C12H16BNO. The van der Waals surface area contributed by atoms with Crippen molar-refractivity contribution in [2.45, 2.75) is 31.8 Å². The molecule has 78 valence electrons. The molecule has 3 rings (SSSR count). The first kappa shape index (κ1) is 9.43. The van der Waals surface area contributed by atoms with Gasteiger partial charge in [-0.25, -0.2) is 0 Å². The summed E-state index contributed by atoms with van der Waals surface area (Å²) >= 11 is 0. The Morgan fingerprint density at radius 3 is 2.93 bits per heavy atom. The zero-order valence-corrected chi connectivity index (χ0v) is 9.10. The Kier molecular flexibility index (Phi) is 2.30. The van der Waals surface area contributed by atoms with Crippen LogP contribution in [0.15, 0.2) is 30.3 Å². The van der Waals surface area contributed by atoms with Gasteiger partial charge in [-0.3, -0.25) is 0 Å². The Balaban J connectivity index is 1.88. The van der Waals surface area contributed by atoms with Gasteiger partial charge in [0.2, 0.25) is 0 Å². The van der Waals surface area contributed by atoms with Gasteiger partial charge in [-0.2, -0.15) is 0 Å². The minimum absolute atomic E-state index is 0.294. The van der Waals surface area contributed by atoms with E-state index >= 15 is 0 Å². The van der Waals surface area contributed by atoms with Crippen LogP contribution in [0.5, 0.6) is 0 Å². The first-order valence-electron chi connectivity index (χ1n) is 5.82. The number of hydrogen-bond donors (Lipinski definition) is 0. The summed E-state index contributed by atoms with van der Waals surface area (Å²) in [4.78, 5) is 2.50. The van der Waals surface area contributed by atoms with E-state index in [0.29, 0.717) is 19.2 Å². The number of rotatable bonds is 1. The summed E-state index contributed by atoms with van der Waals surface area (Å²) in [6.45, 7) is 3.37. The fourth-order valence-corrected chi connectivity index (χ4v) is 2.92. The van der Waals surface area contributed by atoms with Gasteiger partial charge >= 0.3 is 7.05 Å². The lowest BCUT2D eigenvalue weighted by molar-refractivity contribution is 0.206. The number of nitrogens with zero attached hydrogens (tertiary/aromatic N) is 1. The van der Waals surface area contributed by atoms with Crippen LogP contribution in [0.1, 0.15) is 24.5 Å². The Hall–Kier alpha value is -0.795. The normalized spacial score (nSPS) is 30.9. The molecule has 15 heavy (non-hydrogen) atoms. The zero-order valence-electron chi connectivity index (χ0n) is 9.10. The van der Waals surface area contributed by atoms with Crippen molar-refractivity contribution in [3.05, 3.63) is 35.9 Å². The molecule has 3 heteroatoms. The van der Waals surface area contributed by atoms with Crippen molar-refractivity contribution in [3.63, 3.8) is 0 Å². The molecule has 2 aliphatic rings. The van der Waals surface area contributed by atoms with Gasteiger partial charge in [-0.1, -0.05) is 30.3 Å². The van der Waals surface area contributed by atoms with Crippen molar-refractivity contribution < 1.29 is 4.65 Å². The summed E-state index contributed by atoms with van der Waals surface area (Å²) in [5.74, 6) is 0. The van der Waals surface area contributed by atoms with Gasteiger partial charge in [0.05, 0.1) is 6.10 Å². The monoisotopic (exact) mass is 201 g/mol. The zero-order chi connectivity index (χ0) is 10.3. The van der Waals surface area contributed by atoms with Crippen molar-refractivity contribution in [2.75, 3.05) is 6.54 Å². The molecule has 0 saturated carbocycles. The number of hydrogen-bond acceptors (Lipinski definition) is 2. The third kappa shape index (κ3) is 1.50. The highest BCUT2D eigenvalue weighted by atomic mass is 16.5. The third-order valence-electron chi connectivity index (χ3n) is 3.63. The van der Waals surface area contributed by atoms with E-state index in [9.17, 15) is 0 Å². The number of benzene rings is 1. The van der Waals surface area contributed by atoms with E-state index in [0.717, 1.165) is 0 Å². The summed E-state index contributed by atoms with van der Waals surface area (Å²) in [5, 5.41) is 0. The van der Waals surface area contributed by atoms with Crippen LogP contribution in [0.2, 0.25) is 6.82 Å². The predicted molar refractivity (Wildman–Crippen MR) is 61.6 cm³/mol. The number of fused-ring (bicyclic) bond motifs is 1. The molecule has 1 unspecified atom stereocenters. The van der Waals surface area contributed by atoms with Gasteiger partial charge in [0.25, 0.3) is 0 Å². The highest BCUT2D eigenvalue weighted by molar-refractivity contribution is 6.47. The summed E-state index contributed by atoms with van der Waals surface area (Å²) in [7, 11) is 0.294. The summed E-state index contributed by atoms with van der Waals surface area (Å²) in [6, 6.07) is 11.2. The quantitative estimate of drug-likeness (QED) is 0.646. The molecule has 2 saturated heterocycles. The molecule has 2 nitrogen and oxygen atoms in total. The van der Waals surface area contributed by atoms with Crippen LogP contribution >= 0.6 is 0 Å². The lowest BCUT2D eigenvalue weighted by Crippen LogP contribution is -2.33. The third-order valence-corrected chi connectivity index (χ3v) is 3.63. The van der Waals surface area contributed by atoms with Crippen LogP contribution < -0.4 is 0 Å². The van der Waals surface area contributed by atoms with Gasteiger partial charge in [-0.15, -0.1) is 0 Å². The first-order valence-corrected chi connectivity index (χ1v) is 5.82. The molecule has 2 atom stereocenters. The molecule has 0 aromatic heterocycles. The maximum absolute atomic E-state index is 6.04. The van der Waals surface area contributed by atoms with Gasteiger partial charge in [0, 0.05) is 6.04 Å². The molecule has 2 fully saturated rings. The van der Waals surface area contributed by atoms with Gasteiger partial charge in [0.15, 0.2) is 0 Å². The molecule has 1 aromatic carbocycles. The topological polar surface area (TPSA) is 12.5 Å². The van der Waals surface area contributed by atoms with Crippen LogP contribution in [-0.2, 0) is 4.65 Å². The average Bonchev–Trinajstić information content (AvgIpc) is 2.84. The van der Waals surface area contributed by atoms with Crippen LogP contribution in [0.25, 0.3) is 0 Å². The molecule has 0 aliphatic carbocycles. The molecular weight excluding hydrogens is 185 g/mol. The Bertz CT molecular complexity index is 343. The van der Waals surface area contributed by atoms with Crippen LogP contribution in [-0.4, -0.2) is 24.4 Å². The maximum Gasteiger partial charge on any atom is 0.379 e. The summed E-state index contributed by atoms with van der Waals surface area (Å²) in [6.07, 6.45) is 2.90. The minimum Gasteiger partial charge on any atom is -0.413 e. The van der Waals surface area contributed by atoms with E-state index in [1.54, 1.807) is 0 Å². The molecule has 2 heterocycles. The molecule has 1 aromatic rings. The molecule has 0 amide bonds. The molecule has 0 N–H and O–H groups in total. The standard InChI is InChI=1S/C12H16BNO/c1-13-14-9-5-8-11(14)12(15-13)10-6-3-2-4-7-10/h2-4,6-7,11-12H,5,8-9H2,1H3/t11?,12-/m0/s1. The molecule has 0 spiro atoms. The first-order chi connectivity index (χ1) is 7.36. The fourth-order valence-electron chi connectivity index (χ4n) is 2.92. The van der Waals surface area contributed by atoms with E-state index in [1.807, 2.05) is 0 Å². The van der Waals surface area contributed by atoms with Crippen LogP contribution in [0, 0.1) is 0 Å². The van der Waals surface area contributed by atoms with Crippen LogP contribution in [0.4, 0.5) is 0 Å². The highest BCUT2D eigenvalue weighted by Gasteiger charge is 2.45. The Morgan fingerprint density at radius 1 is 1.33 bits per heavy atom. The minimum atomic E-state index is 0.294. The Labute approximate surface area is 91.4 Å². The molecule has 2 aliphatic heterocycles. The second-order valence-corrected chi connectivity index (χ2v) is 4.51. The highest BCUT2D eigenvalue weighted by Crippen LogP contribution is 2.38. The van der Waals surface area contributed by atoms with Crippen molar-refractivity contribution in [2.24, 2.45) is 0 Å². The van der Waals surface area contributed by atoms with E-state index in [1.165, 1.54) is 24.9 Å². The van der Waals surface area contributed by atoms with Crippen molar-refractivity contribution in [1.29, 1.82) is 0 Å². The summed E-state index contributed by atoms with van der Waals surface area (Å²) < 4.78 is 6.04. The second-order valence-electron chi connectivity index (χ2n) is 4.51. The fraction of sp³-hybridized carbons (Fsp3) is 0.500. The van der Waals surface area contributed by atoms with Gasteiger partial charge in [0.1, 0.15) is 0 Å². The van der Waals surface area contributed by atoms with Gasteiger partial charge in [-0.05, 0) is 31.8 Å². The Morgan fingerprint density at radius 2 is 2.13 bits per heavy atom. The lowest BCUT2D eigenvalue weighted by atomic mass is 9.86. The van der Waals surface area contributed by atoms with E-state index in [4.69, 9.17) is 4.65 Å². The molecule has 0 bridgehead atoms. The van der Waals surface area contributed by atoms with E-state index < -0.39 is 0 Å². The lowest BCUT2D eigenvalue weighted by Gasteiger charge is -2.19. The van der Waals surface area contributed by atoms with Crippen molar-refractivity contribution in [3.8, 4) is 0 Å². The van der Waals surface area contributed by atoms with Crippen molar-refractivity contribution >= 4 is 7.05 Å². The largest absolute Gasteiger partial charge is 0.413 e. The average molecular weight is 201 g/mol. The maximum atomic E-state index is 6.04. The van der Waals surface area contributed by atoms with E-state index in [-0.39, 0.29) is 0 Å². The SMILES string of the molecule is CB1O[C@@H](c2ccccc2)C2CCCN12. The summed E-state index contributed by atoms with van der Waals surface area (Å²) in [5.41, 5.74) is 1.33. The van der Waals surface area contributed by atoms with Crippen LogP contribution in [0.3, 0.4) is 0 Å². The molecule has 0 radical (unpaired) electrons. The predicted octanol–water partition coefficient (Wildman–Crippen LogP) is 2.34. The van der Waals surface area contributed by atoms with E-state index in [2.05, 4.69) is 42.0 Å².